The zero-order valence-corrected chi connectivity index (χ0v) is 7.94. The van der Waals surface area contributed by atoms with E-state index in [-0.39, 0.29) is 11.4 Å². The summed E-state index contributed by atoms with van der Waals surface area (Å²) in [4.78, 5) is 11.0. The Hall–Kier alpha value is -0.570. The Morgan fingerprint density at radius 3 is 2.92 bits per heavy atom. The second-order valence-corrected chi connectivity index (χ2v) is 3.72. The van der Waals surface area contributed by atoms with Gasteiger partial charge < -0.3 is 10.6 Å². The summed E-state index contributed by atoms with van der Waals surface area (Å²) >= 11 is 0. The molecule has 0 aromatic carbocycles. The molecule has 0 aromatic rings. The fourth-order valence-corrected chi connectivity index (χ4v) is 1.53. The second kappa shape index (κ2) is 3.90. The van der Waals surface area contributed by atoms with Crippen LogP contribution in [0.1, 0.15) is 33.1 Å². The van der Waals surface area contributed by atoms with Crippen molar-refractivity contribution in [3.05, 3.63) is 0 Å². The quantitative estimate of drug-likeness (QED) is 0.653. The first-order valence-electron chi connectivity index (χ1n) is 4.68. The Balaban J connectivity index is 2.25. The number of hydrogen-bond donors (Lipinski definition) is 2. The van der Waals surface area contributed by atoms with Crippen molar-refractivity contribution in [2.45, 2.75) is 38.6 Å². The molecular weight excluding hydrogens is 152 g/mol. The first-order chi connectivity index (χ1) is 5.66. The average molecular weight is 170 g/mol. The fraction of sp³-hybridized carbons (Fsp3) is 0.889. The van der Waals surface area contributed by atoms with Crippen molar-refractivity contribution in [3.8, 4) is 0 Å². The monoisotopic (exact) mass is 170 g/mol. The largest absolute Gasteiger partial charge is 0.354 e. The van der Waals surface area contributed by atoms with Gasteiger partial charge in [-0.05, 0) is 26.3 Å². The number of amides is 1. The van der Waals surface area contributed by atoms with Gasteiger partial charge in [-0.15, -0.1) is 0 Å². The summed E-state index contributed by atoms with van der Waals surface area (Å²) < 4.78 is 0. The van der Waals surface area contributed by atoms with Gasteiger partial charge >= 0.3 is 0 Å². The molecule has 1 unspecified atom stereocenters. The molecule has 0 radical (unpaired) electrons. The molecule has 0 saturated carbocycles. The van der Waals surface area contributed by atoms with Crippen LogP contribution in [0.25, 0.3) is 0 Å². The normalized spacial score (nSPS) is 28.8. The maximum atomic E-state index is 11.0. The molecular formula is C9H18N2O. The van der Waals surface area contributed by atoms with Crippen LogP contribution in [0.4, 0.5) is 0 Å². The van der Waals surface area contributed by atoms with E-state index in [1.165, 1.54) is 6.42 Å². The van der Waals surface area contributed by atoms with E-state index in [0.717, 1.165) is 19.5 Å². The Kier molecular flexibility index (Phi) is 3.09. The maximum Gasteiger partial charge on any atom is 0.219 e. The Labute approximate surface area is 73.9 Å². The van der Waals surface area contributed by atoms with Crippen LogP contribution in [0.5, 0.6) is 0 Å². The van der Waals surface area contributed by atoms with E-state index in [1.807, 2.05) is 6.92 Å². The minimum atomic E-state index is 0.143. The van der Waals surface area contributed by atoms with Gasteiger partial charge in [0, 0.05) is 18.5 Å². The van der Waals surface area contributed by atoms with Gasteiger partial charge in [0.25, 0.3) is 0 Å². The van der Waals surface area contributed by atoms with Crippen molar-refractivity contribution in [3.63, 3.8) is 0 Å². The number of carbonyl (C=O) groups is 1. The Morgan fingerprint density at radius 1 is 1.67 bits per heavy atom. The van der Waals surface area contributed by atoms with Gasteiger partial charge in [0.15, 0.2) is 0 Å². The van der Waals surface area contributed by atoms with Crippen molar-refractivity contribution in [2.24, 2.45) is 0 Å². The molecule has 0 aromatic heterocycles. The third-order valence-corrected chi connectivity index (χ3v) is 2.45. The van der Waals surface area contributed by atoms with Crippen LogP contribution in [0, 0.1) is 0 Å². The van der Waals surface area contributed by atoms with E-state index in [0.29, 0.717) is 6.42 Å². The fourth-order valence-electron chi connectivity index (χ4n) is 1.53. The highest BCUT2D eigenvalue weighted by Gasteiger charge is 2.27. The van der Waals surface area contributed by atoms with Crippen LogP contribution >= 0.6 is 0 Å². The maximum absolute atomic E-state index is 11.0. The average Bonchev–Trinajstić information content (AvgIpc) is 2.49. The second-order valence-electron chi connectivity index (χ2n) is 3.72. The van der Waals surface area contributed by atoms with Gasteiger partial charge in [-0.25, -0.2) is 0 Å². The minimum Gasteiger partial charge on any atom is -0.354 e. The first-order valence-corrected chi connectivity index (χ1v) is 4.68. The molecule has 70 valence electrons. The van der Waals surface area contributed by atoms with E-state index in [1.54, 1.807) is 0 Å². The third-order valence-electron chi connectivity index (χ3n) is 2.45. The Morgan fingerprint density at radius 2 is 2.42 bits per heavy atom. The lowest BCUT2D eigenvalue weighted by atomic mass is 10.0. The summed E-state index contributed by atoms with van der Waals surface area (Å²) in [6.07, 6.45) is 2.96. The van der Waals surface area contributed by atoms with E-state index >= 15 is 0 Å². The summed E-state index contributed by atoms with van der Waals surface area (Å²) in [5.41, 5.74) is 0.144. The minimum absolute atomic E-state index is 0.143. The molecule has 0 spiro atoms. The lowest BCUT2D eigenvalue weighted by Crippen LogP contribution is -2.47. The number of hydrogen-bond acceptors (Lipinski definition) is 2. The summed E-state index contributed by atoms with van der Waals surface area (Å²) in [7, 11) is 0. The standard InChI is InChI=1S/C9H18N2O/c1-3-8(12)10-7-9(2)5-4-6-11-9/h11H,3-7H2,1-2H3,(H,10,12). The molecule has 1 atom stereocenters. The molecule has 3 heteroatoms. The van der Waals surface area contributed by atoms with Crippen molar-refractivity contribution in [1.82, 2.24) is 10.6 Å². The van der Waals surface area contributed by atoms with E-state index in [4.69, 9.17) is 0 Å². The van der Waals surface area contributed by atoms with Gasteiger partial charge in [-0.1, -0.05) is 6.92 Å². The predicted octanol–water partition coefficient (Wildman–Crippen LogP) is 0.655. The molecule has 12 heavy (non-hydrogen) atoms. The summed E-state index contributed by atoms with van der Waals surface area (Å²) in [6.45, 7) is 5.88. The van der Waals surface area contributed by atoms with Crippen molar-refractivity contribution in [2.75, 3.05) is 13.1 Å². The molecule has 3 nitrogen and oxygen atoms in total. The molecule has 2 N–H and O–H groups in total. The van der Waals surface area contributed by atoms with Crippen LogP contribution in [0.3, 0.4) is 0 Å². The van der Waals surface area contributed by atoms with E-state index in [2.05, 4.69) is 17.6 Å². The van der Waals surface area contributed by atoms with E-state index in [9.17, 15) is 4.79 Å². The molecule has 1 fully saturated rings. The third kappa shape index (κ3) is 2.48. The SMILES string of the molecule is CCC(=O)NCC1(C)CCCN1. The van der Waals surface area contributed by atoms with Gasteiger partial charge in [0.05, 0.1) is 0 Å². The van der Waals surface area contributed by atoms with Crippen molar-refractivity contribution in [1.29, 1.82) is 0 Å². The smallest absolute Gasteiger partial charge is 0.219 e. The summed E-state index contributed by atoms with van der Waals surface area (Å²) in [5.74, 6) is 0.143. The highest BCUT2D eigenvalue weighted by atomic mass is 16.1. The van der Waals surface area contributed by atoms with Crippen LogP contribution in [-0.2, 0) is 4.79 Å². The van der Waals surface area contributed by atoms with Gasteiger partial charge in [0.1, 0.15) is 0 Å². The number of rotatable bonds is 3. The lowest BCUT2D eigenvalue weighted by molar-refractivity contribution is -0.121. The molecule has 1 aliphatic rings. The van der Waals surface area contributed by atoms with Crippen molar-refractivity contribution >= 4 is 5.91 Å². The molecule has 1 rings (SSSR count). The van der Waals surface area contributed by atoms with Crippen LogP contribution < -0.4 is 10.6 Å². The molecule has 1 saturated heterocycles. The topological polar surface area (TPSA) is 41.1 Å². The van der Waals surface area contributed by atoms with Crippen LogP contribution in [0.2, 0.25) is 0 Å². The summed E-state index contributed by atoms with van der Waals surface area (Å²) in [5, 5.41) is 6.31. The zero-order chi connectivity index (χ0) is 9.03. The highest BCUT2D eigenvalue weighted by Crippen LogP contribution is 2.16. The highest BCUT2D eigenvalue weighted by molar-refractivity contribution is 5.75. The molecule has 1 heterocycles. The van der Waals surface area contributed by atoms with Crippen LogP contribution in [-0.4, -0.2) is 24.5 Å². The molecule has 0 bridgehead atoms. The van der Waals surface area contributed by atoms with Gasteiger partial charge in [-0.3, -0.25) is 4.79 Å². The van der Waals surface area contributed by atoms with Gasteiger partial charge in [-0.2, -0.15) is 0 Å². The lowest BCUT2D eigenvalue weighted by Gasteiger charge is -2.24. The van der Waals surface area contributed by atoms with E-state index < -0.39 is 0 Å². The van der Waals surface area contributed by atoms with Gasteiger partial charge in [0.2, 0.25) is 5.91 Å². The molecule has 1 amide bonds. The number of carbonyl (C=O) groups excluding carboxylic acids is 1. The van der Waals surface area contributed by atoms with Crippen LogP contribution in [0.15, 0.2) is 0 Å². The molecule has 1 aliphatic heterocycles. The number of nitrogens with one attached hydrogen (secondary N) is 2. The van der Waals surface area contributed by atoms with Crippen molar-refractivity contribution < 1.29 is 4.79 Å². The predicted molar refractivity (Wildman–Crippen MR) is 48.9 cm³/mol. The molecule has 0 aliphatic carbocycles. The zero-order valence-electron chi connectivity index (χ0n) is 7.94. The first kappa shape index (κ1) is 9.52. The Bertz CT molecular complexity index is 162. The summed E-state index contributed by atoms with van der Waals surface area (Å²) in [6, 6.07) is 0.